The quantitative estimate of drug-likeness (QED) is 0.898. The second-order valence-electron chi connectivity index (χ2n) is 6.29. The predicted molar refractivity (Wildman–Crippen MR) is 88.2 cm³/mol. The predicted octanol–water partition coefficient (Wildman–Crippen LogP) is 2.88. The van der Waals surface area contributed by atoms with Crippen LogP contribution >= 0.6 is 15.9 Å². The van der Waals surface area contributed by atoms with Gasteiger partial charge in [0.2, 0.25) is 0 Å². The lowest BCUT2D eigenvalue weighted by molar-refractivity contribution is 0.419. The third-order valence-corrected chi connectivity index (χ3v) is 4.23. The molecule has 2 rings (SSSR count). The van der Waals surface area contributed by atoms with E-state index in [1.54, 1.807) is 0 Å². The van der Waals surface area contributed by atoms with Gasteiger partial charge in [0.25, 0.3) is 0 Å². The molecule has 2 aromatic heterocycles. The second kappa shape index (κ2) is 6.32. The summed E-state index contributed by atoms with van der Waals surface area (Å²) >= 11 is 3.65. The standard InChI is InChI=1S/C15H24BrN5/c1-6-12-14(16)13(20(5)19-12)10-21-8-7-11(18-21)9-17-15(2,3)4/h7-8,17H,6,9-10H2,1-5H3. The maximum absolute atomic E-state index is 4.62. The first kappa shape index (κ1) is 16.2. The number of nitrogens with one attached hydrogen (secondary N) is 1. The van der Waals surface area contributed by atoms with E-state index in [2.05, 4.69) is 65.2 Å². The highest BCUT2D eigenvalue weighted by Crippen LogP contribution is 2.22. The Morgan fingerprint density at radius 1 is 1.29 bits per heavy atom. The average molecular weight is 354 g/mol. The van der Waals surface area contributed by atoms with E-state index in [4.69, 9.17) is 0 Å². The number of nitrogens with zero attached hydrogens (tertiary/aromatic N) is 4. The molecule has 0 saturated carbocycles. The van der Waals surface area contributed by atoms with Crippen LogP contribution in [0.2, 0.25) is 0 Å². The summed E-state index contributed by atoms with van der Waals surface area (Å²) in [6, 6.07) is 2.06. The Morgan fingerprint density at radius 2 is 2.00 bits per heavy atom. The van der Waals surface area contributed by atoms with Crippen molar-refractivity contribution in [1.82, 2.24) is 24.9 Å². The van der Waals surface area contributed by atoms with Crippen molar-refractivity contribution in [2.45, 2.75) is 52.7 Å². The molecule has 0 spiro atoms. The van der Waals surface area contributed by atoms with Crippen molar-refractivity contribution < 1.29 is 0 Å². The van der Waals surface area contributed by atoms with Crippen molar-refractivity contribution in [2.24, 2.45) is 7.05 Å². The maximum atomic E-state index is 4.62. The Bertz CT molecular complexity index is 606. The van der Waals surface area contributed by atoms with Crippen LogP contribution in [0.15, 0.2) is 16.7 Å². The third-order valence-electron chi connectivity index (χ3n) is 3.31. The summed E-state index contributed by atoms with van der Waals surface area (Å²) < 4.78 is 4.98. The maximum Gasteiger partial charge on any atom is 0.0839 e. The minimum absolute atomic E-state index is 0.102. The Morgan fingerprint density at radius 3 is 2.57 bits per heavy atom. The van der Waals surface area contributed by atoms with E-state index < -0.39 is 0 Å². The van der Waals surface area contributed by atoms with Gasteiger partial charge in [-0.1, -0.05) is 6.92 Å². The van der Waals surface area contributed by atoms with Gasteiger partial charge in [-0.15, -0.1) is 0 Å². The molecule has 1 N–H and O–H groups in total. The highest BCUT2D eigenvalue weighted by molar-refractivity contribution is 9.10. The molecule has 0 aliphatic rings. The summed E-state index contributed by atoms with van der Waals surface area (Å²) in [7, 11) is 1.98. The smallest absolute Gasteiger partial charge is 0.0839 e. The molecular formula is C15H24BrN5. The van der Waals surface area contributed by atoms with E-state index in [0.717, 1.165) is 41.1 Å². The summed E-state index contributed by atoms with van der Waals surface area (Å²) in [6.07, 6.45) is 2.94. The van der Waals surface area contributed by atoms with Gasteiger partial charge in [-0.05, 0) is 49.2 Å². The van der Waals surface area contributed by atoms with Gasteiger partial charge in [0.15, 0.2) is 0 Å². The number of halogens is 1. The van der Waals surface area contributed by atoms with Crippen LogP contribution < -0.4 is 5.32 Å². The fourth-order valence-corrected chi connectivity index (χ4v) is 2.83. The summed E-state index contributed by atoms with van der Waals surface area (Å²) in [4.78, 5) is 0. The van der Waals surface area contributed by atoms with Crippen molar-refractivity contribution >= 4 is 15.9 Å². The van der Waals surface area contributed by atoms with Gasteiger partial charge >= 0.3 is 0 Å². The van der Waals surface area contributed by atoms with Crippen molar-refractivity contribution in [1.29, 1.82) is 0 Å². The summed E-state index contributed by atoms with van der Waals surface area (Å²) in [5, 5.41) is 12.6. The van der Waals surface area contributed by atoms with Gasteiger partial charge in [0.1, 0.15) is 0 Å². The molecule has 116 valence electrons. The third kappa shape index (κ3) is 4.17. The molecule has 0 aromatic carbocycles. The lowest BCUT2D eigenvalue weighted by atomic mass is 10.1. The molecule has 6 heteroatoms. The summed E-state index contributed by atoms with van der Waals surface area (Å²) in [6.45, 7) is 10.1. The van der Waals surface area contributed by atoms with E-state index in [1.165, 1.54) is 0 Å². The average Bonchev–Trinajstić information content (AvgIpc) is 2.95. The Balaban J connectivity index is 2.08. The minimum Gasteiger partial charge on any atom is -0.306 e. The number of hydrogen-bond acceptors (Lipinski definition) is 3. The molecule has 0 amide bonds. The van der Waals surface area contributed by atoms with Gasteiger partial charge in [-0.25, -0.2) is 0 Å². The molecule has 21 heavy (non-hydrogen) atoms. The fourth-order valence-electron chi connectivity index (χ4n) is 2.09. The van der Waals surface area contributed by atoms with Gasteiger partial charge in [-0.3, -0.25) is 9.36 Å². The summed E-state index contributed by atoms with van der Waals surface area (Å²) in [5.74, 6) is 0. The molecule has 0 bridgehead atoms. The van der Waals surface area contributed by atoms with Gasteiger partial charge in [0, 0.05) is 25.3 Å². The zero-order valence-electron chi connectivity index (χ0n) is 13.4. The van der Waals surface area contributed by atoms with Gasteiger partial charge in [0.05, 0.1) is 28.1 Å². The summed E-state index contributed by atoms with van der Waals surface area (Å²) in [5.41, 5.74) is 3.39. The second-order valence-corrected chi connectivity index (χ2v) is 7.09. The number of hydrogen-bond donors (Lipinski definition) is 1. The van der Waals surface area contributed by atoms with Crippen LogP contribution in [-0.4, -0.2) is 25.1 Å². The topological polar surface area (TPSA) is 47.7 Å². The normalized spacial score (nSPS) is 12.1. The first-order valence-corrected chi connectivity index (χ1v) is 8.07. The van der Waals surface area contributed by atoms with Crippen molar-refractivity contribution in [3.63, 3.8) is 0 Å². The molecule has 2 aromatic rings. The van der Waals surface area contributed by atoms with Gasteiger partial charge in [-0.2, -0.15) is 10.2 Å². The lowest BCUT2D eigenvalue weighted by Crippen LogP contribution is -2.35. The largest absolute Gasteiger partial charge is 0.306 e. The minimum atomic E-state index is 0.102. The van der Waals surface area contributed by atoms with E-state index in [9.17, 15) is 0 Å². The van der Waals surface area contributed by atoms with E-state index in [0.29, 0.717) is 0 Å². The highest BCUT2D eigenvalue weighted by atomic mass is 79.9. The van der Waals surface area contributed by atoms with Crippen molar-refractivity contribution in [3.8, 4) is 0 Å². The molecular weight excluding hydrogens is 330 g/mol. The monoisotopic (exact) mass is 353 g/mol. The fraction of sp³-hybridized carbons (Fsp3) is 0.600. The van der Waals surface area contributed by atoms with Crippen LogP contribution in [0, 0.1) is 0 Å². The number of aromatic nitrogens is 4. The molecule has 0 unspecified atom stereocenters. The Labute approximate surface area is 134 Å². The zero-order valence-corrected chi connectivity index (χ0v) is 15.0. The van der Waals surface area contributed by atoms with Crippen LogP contribution in [-0.2, 0) is 26.6 Å². The Hall–Kier alpha value is -1.14. The molecule has 5 nitrogen and oxygen atoms in total. The molecule has 2 heterocycles. The molecule has 0 fully saturated rings. The molecule has 0 aliphatic carbocycles. The zero-order chi connectivity index (χ0) is 15.6. The highest BCUT2D eigenvalue weighted by Gasteiger charge is 2.14. The first-order valence-electron chi connectivity index (χ1n) is 7.27. The number of aryl methyl sites for hydroxylation is 2. The van der Waals surface area contributed by atoms with Gasteiger partial charge < -0.3 is 5.32 Å². The van der Waals surface area contributed by atoms with E-state index in [-0.39, 0.29) is 5.54 Å². The van der Waals surface area contributed by atoms with E-state index in [1.807, 2.05) is 22.6 Å². The van der Waals surface area contributed by atoms with Crippen LogP contribution in [0.5, 0.6) is 0 Å². The molecule has 0 atom stereocenters. The van der Waals surface area contributed by atoms with Crippen molar-refractivity contribution in [3.05, 3.63) is 33.8 Å². The molecule has 0 aliphatic heterocycles. The van der Waals surface area contributed by atoms with Crippen LogP contribution in [0.4, 0.5) is 0 Å². The molecule has 0 saturated heterocycles. The van der Waals surface area contributed by atoms with Crippen LogP contribution in [0.25, 0.3) is 0 Å². The molecule has 0 radical (unpaired) electrons. The van der Waals surface area contributed by atoms with Crippen LogP contribution in [0.1, 0.15) is 44.8 Å². The van der Waals surface area contributed by atoms with Crippen molar-refractivity contribution in [2.75, 3.05) is 0 Å². The van der Waals surface area contributed by atoms with E-state index >= 15 is 0 Å². The Kier molecular flexibility index (Phi) is 4.88. The van der Waals surface area contributed by atoms with Crippen LogP contribution in [0.3, 0.4) is 0 Å². The lowest BCUT2D eigenvalue weighted by Gasteiger charge is -2.19. The number of rotatable bonds is 5. The first-order chi connectivity index (χ1) is 9.80. The SMILES string of the molecule is CCc1nn(C)c(Cn2ccc(CNC(C)(C)C)n2)c1Br.